The number of fused-ring (bicyclic) bond motifs is 1. The van der Waals surface area contributed by atoms with Gasteiger partial charge in [-0.05, 0) is 36.6 Å². The molecule has 4 rings (SSSR count). The van der Waals surface area contributed by atoms with Gasteiger partial charge >= 0.3 is 0 Å². The second-order valence-electron chi connectivity index (χ2n) is 7.43. The molecule has 0 saturated carbocycles. The number of hydrogen-bond donors (Lipinski definition) is 3. The summed E-state index contributed by atoms with van der Waals surface area (Å²) in [5, 5.41) is 9.63. The van der Waals surface area contributed by atoms with Crippen LogP contribution in [-0.4, -0.2) is 25.5 Å². The minimum Gasteiger partial charge on any atom is -0.352 e. The van der Waals surface area contributed by atoms with Crippen molar-refractivity contribution in [2.75, 3.05) is 5.32 Å². The quantitative estimate of drug-likeness (QED) is 0.382. The van der Waals surface area contributed by atoms with Crippen LogP contribution in [0.15, 0.2) is 59.4 Å². The zero-order valence-corrected chi connectivity index (χ0v) is 18.3. The SMILES string of the molecule is Cc1nc2nc(NCc3ccc(Cl)cc3)[nH]n2c(=O)c1CCC(=O)NCc1ccccc1. The highest BCUT2D eigenvalue weighted by Gasteiger charge is 2.14. The first-order valence-corrected chi connectivity index (χ1v) is 10.6. The fraction of sp³-hybridized carbons (Fsp3) is 0.217. The zero-order valence-electron chi connectivity index (χ0n) is 17.6. The van der Waals surface area contributed by atoms with Crippen molar-refractivity contribution in [1.29, 1.82) is 0 Å². The predicted molar refractivity (Wildman–Crippen MR) is 124 cm³/mol. The van der Waals surface area contributed by atoms with Crippen molar-refractivity contribution in [2.45, 2.75) is 32.9 Å². The number of aromatic amines is 1. The lowest BCUT2D eigenvalue weighted by atomic mass is 10.1. The highest BCUT2D eigenvalue weighted by Crippen LogP contribution is 2.12. The Morgan fingerprint density at radius 2 is 1.75 bits per heavy atom. The molecule has 0 aliphatic carbocycles. The molecule has 0 saturated heterocycles. The third kappa shape index (κ3) is 5.15. The summed E-state index contributed by atoms with van der Waals surface area (Å²) in [6.45, 7) is 2.73. The second-order valence-corrected chi connectivity index (χ2v) is 7.87. The molecule has 32 heavy (non-hydrogen) atoms. The molecule has 164 valence electrons. The maximum absolute atomic E-state index is 12.9. The van der Waals surface area contributed by atoms with E-state index in [4.69, 9.17) is 11.6 Å². The van der Waals surface area contributed by atoms with E-state index in [9.17, 15) is 9.59 Å². The van der Waals surface area contributed by atoms with Gasteiger partial charge in [0.15, 0.2) is 0 Å². The van der Waals surface area contributed by atoms with Crippen LogP contribution < -0.4 is 16.2 Å². The van der Waals surface area contributed by atoms with E-state index < -0.39 is 0 Å². The fourth-order valence-corrected chi connectivity index (χ4v) is 3.46. The summed E-state index contributed by atoms with van der Waals surface area (Å²) in [5.74, 6) is 0.595. The second kappa shape index (κ2) is 9.65. The Morgan fingerprint density at radius 1 is 1.03 bits per heavy atom. The molecule has 3 N–H and O–H groups in total. The summed E-state index contributed by atoms with van der Waals surface area (Å²) in [7, 11) is 0. The molecule has 2 aromatic heterocycles. The minimum atomic E-state index is -0.254. The summed E-state index contributed by atoms with van der Waals surface area (Å²) >= 11 is 5.91. The largest absolute Gasteiger partial charge is 0.352 e. The van der Waals surface area contributed by atoms with Crippen molar-refractivity contribution in [1.82, 2.24) is 24.9 Å². The van der Waals surface area contributed by atoms with Crippen LogP contribution >= 0.6 is 11.6 Å². The van der Waals surface area contributed by atoms with E-state index in [1.165, 1.54) is 4.52 Å². The molecule has 9 heteroatoms. The van der Waals surface area contributed by atoms with Crippen molar-refractivity contribution < 1.29 is 4.79 Å². The molecule has 8 nitrogen and oxygen atoms in total. The van der Waals surface area contributed by atoms with Crippen LogP contribution in [0.3, 0.4) is 0 Å². The fourth-order valence-electron chi connectivity index (χ4n) is 3.33. The lowest BCUT2D eigenvalue weighted by molar-refractivity contribution is -0.121. The molecule has 0 aliphatic rings. The van der Waals surface area contributed by atoms with E-state index in [2.05, 4.69) is 25.7 Å². The lowest BCUT2D eigenvalue weighted by Crippen LogP contribution is -2.26. The van der Waals surface area contributed by atoms with Crippen LogP contribution in [0.5, 0.6) is 0 Å². The van der Waals surface area contributed by atoms with E-state index in [1.54, 1.807) is 6.92 Å². The van der Waals surface area contributed by atoms with Gasteiger partial charge in [0.05, 0.1) is 5.69 Å². The summed E-state index contributed by atoms with van der Waals surface area (Å²) in [4.78, 5) is 34.0. The van der Waals surface area contributed by atoms with Crippen LogP contribution in [0.1, 0.15) is 28.8 Å². The van der Waals surface area contributed by atoms with E-state index in [-0.39, 0.29) is 23.7 Å². The molecule has 0 fully saturated rings. The number of nitrogens with zero attached hydrogens (tertiary/aromatic N) is 3. The standard InChI is InChI=1S/C23H23ClN6O2/c1-15-19(11-12-20(31)25-13-16-5-3-2-4-6-16)21(32)30-23(27-15)28-22(29-30)26-14-17-7-9-18(24)10-8-17/h2-10H,11-14H2,1H3,(H,25,31)(H2,26,27,28,29). The Bertz CT molecular complexity index is 1280. The number of anilines is 1. The van der Waals surface area contributed by atoms with Crippen LogP contribution in [0.2, 0.25) is 5.02 Å². The number of H-pyrrole nitrogens is 1. The van der Waals surface area contributed by atoms with Gasteiger partial charge in [-0.3, -0.25) is 14.7 Å². The average Bonchev–Trinajstić information content (AvgIpc) is 3.21. The molecule has 2 heterocycles. The van der Waals surface area contributed by atoms with Gasteiger partial charge in [-0.25, -0.2) is 4.98 Å². The molecule has 0 radical (unpaired) electrons. The van der Waals surface area contributed by atoms with E-state index in [0.717, 1.165) is 11.1 Å². The van der Waals surface area contributed by atoms with Gasteiger partial charge in [-0.2, -0.15) is 9.50 Å². The summed E-state index contributed by atoms with van der Waals surface area (Å²) in [5.41, 5.74) is 2.85. The third-order valence-electron chi connectivity index (χ3n) is 5.10. The van der Waals surface area contributed by atoms with Gasteiger partial charge in [-0.1, -0.05) is 54.1 Å². The number of aryl methyl sites for hydroxylation is 1. The molecule has 4 aromatic rings. The monoisotopic (exact) mass is 450 g/mol. The zero-order chi connectivity index (χ0) is 22.5. The minimum absolute atomic E-state index is 0.118. The molecule has 1 amide bonds. The molecule has 0 unspecified atom stereocenters. The molecule has 0 aliphatic heterocycles. The number of halogens is 1. The van der Waals surface area contributed by atoms with Crippen LogP contribution in [0.25, 0.3) is 5.78 Å². The molecular formula is C23H23ClN6O2. The van der Waals surface area contributed by atoms with Gasteiger partial charge in [-0.15, -0.1) is 0 Å². The Balaban J connectivity index is 1.41. The highest BCUT2D eigenvalue weighted by molar-refractivity contribution is 6.30. The van der Waals surface area contributed by atoms with E-state index in [0.29, 0.717) is 41.7 Å². The number of benzene rings is 2. The molecule has 2 aromatic carbocycles. The Labute approximate surface area is 189 Å². The Hall–Kier alpha value is -3.65. The highest BCUT2D eigenvalue weighted by atomic mass is 35.5. The number of aromatic nitrogens is 4. The van der Waals surface area contributed by atoms with Crippen LogP contribution in [0.4, 0.5) is 5.95 Å². The summed E-state index contributed by atoms with van der Waals surface area (Å²) in [6, 6.07) is 17.1. The van der Waals surface area contributed by atoms with Crippen LogP contribution in [0, 0.1) is 6.92 Å². The number of amides is 1. The first-order valence-electron chi connectivity index (χ1n) is 10.3. The normalized spacial score (nSPS) is 10.9. The number of carbonyl (C=O) groups is 1. The average molecular weight is 451 g/mol. The Morgan fingerprint density at radius 3 is 2.50 bits per heavy atom. The van der Waals surface area contributed by atoms with Gasteiger partial charge in [0.25, 0.3) is 11.3 Å². The van der Waals surface area contributed by atoms with Gasteiger partial charge in [0, 0.05) is 30.1 Å². The topological polar surface area (TPSA) is 104 Å². The summed E-state index contributed by atoms with van der Waals surface area (Å²) < 4.78 is 1.30. The van der Waals surface area contributed by atoms with Gasteiger partial charge in [0.1, 0.15) is 0 Å². The number of rotatable bonds is 8. The number of carbonyl (C=O) groups excluding carboxylic acids is 1. The van der Waals surface area contributed by atoms with Gasteiger partial charge < -0.3 is 10.6 Å². The maximum atomic E-state index is 12.9. The van der Waals surface area contributed by atoms with Crippen molar-refractivity contribution in [3.8, 4) is 0 Å². The van der Waals surface area contributed by atoms with E-state index >= 15 is 0 Å². The van der Waals surface area contributed by atoms with Crippen molar-refractivity contribution >= 4 is 29.2 Å². The maximum Gasteiger partial charge on any atom is 0.277 e. The first-order chi connectivity index (χ1) is 15.5. The molecule has 0 spiro atoms. The smallest absolute Gasteiger partial charge is 0.277 e. The van der Waals surface area contributed by atoms with Crippen LogP contribution in [-0.2, 0) is 24.3 Å². The van der Waals surface area contributed by atoms with Crippen molar-refractivity contribution in [3.63, 3.8) is 0 Å². The van der Waals surface area contributed by atoms with Crippen molar-refractivity contribution in [2.24, 2.45) is 0 Å². The predicted octanol–water partition coefficient (Wildman–Crippen LogP) is 3.24. The molecular weight excluding hydrogens is 428 g/mol. The lowest BCUT2D eigenvalue weighted by Gasteiger charge is -2.07. The Kier molecular flexibility index (Phi) is 6.51. The summed E-state index contributed by atoms with van der Waals surface area (Å²) in [6.07, 6.45) is 0.500. The number of hydrogen-bond acceptors (Lipinski definition) is 5. The van der Waals surface area contributed by atoms with E-state index in [1.807, 2.05) is 54.6 Å². The first kappa shape index (κ1) is 21.6. The number of nitrogens with one attached hydrogen (secondary N) is 3. The van der Waals surface area contributed by atoms with Crippen molar-refractivity contribution in [3.05, 3.63) is 92.4 Å². The van der Waals surface area contributed by atoms with Gasteiger partial charge in [0.2, 0.25) is 11.9 Å². The molecule has 0 atom stereocenters. The third-order valence-corrected chi connectivity index (χ3v) is 5.35. The molecule has 0 bridgehead atoms.